The molecule has 0 amide bonds. The van der Waals surface area contributed by atoms with E-state index in [2.05, 4.69) is 54.5 Å². The molecule has 1 fully saturated rings. The average Bonchev–Trinajstić information content (AvgIpc) is 2.33. The number of benzene rings is 1. The Morgan fingerprint density at radius 2 is 1.88 bits per heavy atom. The van der Waals surface area contributed by atoms with Crippen LogP contribution in [0.1, 0.15) is 18.9 Å². The van der Waals surface area contributed by atoms with Crippen LogP contribution in [-0.2, 0) is 6.42 Å². The summed E-state index contributed by atoms with van der Waals surface area (Å²) in [6.45, 7) is 4.52. The molecule has 0 aliphatic carbocycles. The summed E-state index contributed by atoms with van der Waals surface area (Å²) in [4.78, 5) is 2.55. The molecular formula is C14H22N2. The van der Waals surface area contributed by atoms with Crippen LogP contribution in [0.3, 0.4) is 0 Å². The van der Waals surface area contributed by atoms with Gasteiger partial charge in [-0.25, -0.2) is 0 Å². The Kier molecular flexibility index (Phi) is 3.97. The van der Waals surface area contributed by atoms with Gasteiger partial charge in [-0.1, -0.05) is 37.3 Å². The van der Waals surface area contributed by atoms with E-state index in [1.54, 1.807) is 0 Å². The van der Waals surface area contributed by atoms with Crippen molar-refractivity contribution in [3.05, 3.63) is 35.9 Å². The second kappa shape index (κ2) is 5.46. The summed E-state index contributed by atoms with van der Waals surface area (Å²) in [5.74, 6) is 0. The number of hydrogen-bond donors (Lipinski definition) is 1. The Labute approximate surface area is 98.7 Å². The molecule has 1 unspecified atom stereocenters. The van der Waals surface area contributed by atoms with Crippen molar-refractivity contribution in [3.8, 4) is 0 Å². The van der Waals surface area contributed by atoms with Crippen molar-refractivity contribution in [2.45, 2.75) is 31.8 Å². The van der Waals surface area contributed by atoms with Gasteiger partial charge in [0.25, 0.3) is 0 Å². The molecule has 0 saturated carbocycles. The highest BCUT2D eigenvalue weighted by molar-refractivity contribution is 5.16. The van der Waals surface area contributed by atoms with Gasteiger partial charge in [-0.05, 0) is 25.5 Å². The molecule has 2 heteroatoms. The van der Waals surface area contributed by atoms with Crippen molar-refractivity contribution in [1.82, 2.24) is 10.2 Å². The molecule has 1 aromatic rings. The van der Waals surface area contributed by atoms with Crippen LogP contribution in [0, 0.1) is 0 Å². The molecule has 1 aromatic carbocycles. The van der Waals surface area contributed by atoms with Crippen molar-refractivity contribution in [3.63, 3.8) is 0 Å². The SMILES string of the molecule is CCC1CNC[C@H](Cc2ccccc2)N1C. The van der Waals surface area contributed by atoms with E-state index in [0.29, 0.717) is 12.1 Å². The van der Waals surface area contributed by atoms with Gasteiger partial charge in [0.15, 0.2) is 0 Å². The van der Waals surface area contributed by atoms with Crippen LogP contribution in [0.15, 0.2) is 30.3 Å². The largest absolute Gasteiger partial charge is 0.314 e. The van der Waals surface area contributed by atoms with E-state index in [1.807, 2.05) is 0 Å². The summed E-state index contributed by atoms with van der Waals surface area (Å²) < 4.78 is 0. The molecule has 1 aliphatic heterocycles. The lowest BCUT2D eigenvalue weighted by molar-refractivity contribution is 0.126. The second-order valence-electron chi connectivity index (χ2n) is 4.73. The van der Waals surface area contributed by atoms with Gasteiger partial charge in [-0.15, -0.1) is 0 Å². The number of nitrogens with zero attached hydrogens (tertiary/aromatic N) is 1. The lowest BCUT2D eigenvalue weighted by Crippen LogP contribution is -2.56. The smallest absolute Gasteiger partial charge is 0.0261 e. The third-order valence-electron chi connectivity index (χ3n) is 3.70. The maximum Gasteiger partial charge on any atom is 0.0261 e. The van der Waals surface area contributed by atoms with Crippen molar-refractivity contribution in [1.29, 1.82) is 0 Å². The molecule has 0 aromatic heterocycles. The molecule has 1 saturated heterocycles. The Morgan fingerprint density at radius 1 is 1.19 bits per heavy atom. The maximum atomic E-state index is 3.54. The summed E-state index contributed by atoms with van der Waals surface area (Å²) in [7, 11) is 2.27. The Morgan fingerprint density at radius 3 is 2.56 bits per heavy atom. The minimum Gasteiger partial charge on any atom is -0.314 e. The molecule has 1 aliphatic rings. The lowest BCUT2D eigenvalue weighted by Gasteiger charge is -2.40. The number of hydrogen-bond acceptors (Lipinski definition) is 2. The quantitative estimate of drug-likeness (QED) is 0.834. The van der Waals surface area contributed by atoms with Crippen LogP contribution in [0.4, 0.5) is 0 Å². The maximum absolute atomic E-state index is 3.54. The molecular weight excluding hydrogens is 196 g/mol. The molecule has 0 spiro atoms. The molecule has 2 rings (SSSR count). The summed E-state index contributed by atoms with van der Waals surface area (Å²) in [5, 5.41) is 3.54. The second-order valence-corrected chi connectivity index (χ2v) is 4.73. The minimum atomic E-state index is 0.640. The summed E-state index contributed by atoms with van der Waals surface area (Å²) >= 11 is 0. The van der Waals surface area contributed by atoms with E-state index < -0.39 is 0 Å². The molecule has 2 atom stereocenters. The molecule has 1 N–H and O–H groups in total. The first-order valence-corrected chi connectivity index (χ1v) is 6.28. The standard InChI is InChI=1S/C14H22N2/c1-3-13-10-15-11-14(16(13)2)9-12-7-5-4-6-8-12/h4-8,13-15H,3,9-11H2,1-2H3/t13?,14-/m0/s1. The zero-order valence-electron chi connectivity index (χ0n) is 10.3. The first kappa shape index (κ1) is 11.6. The number of likely N-dealkylation sites (N-methyl/N-ethyl adjacent to an activating group) is 1. The summed E-state index contributed by atoms with van der Waals surface area (Å²) in [6.07, 6.45) is 2.38. The monoisotopic (exact) mass is 218 g/mol. The number of nitrogens with one attached hydrogen (secondary N) is 1. The van der Waals surface area contributed by atoms with Gasteiger partial charge >= 0.3 is 0 Å². The van der Waals surface area contributed by atoms with E-state index in [0.717, 1.165) is 19.5 Å². The van der Waals surface area contributed by atoms with Crippen molar-refractivity contribution in [2.24, 2.45) is 0 Å². The number of rotatable bonds is 3. The van der Waals surface area contributed by atoms with Crippen LogP contribution in [0.25, 0.3) is 0 Å². The van der Waals surface area contributed by atoms with E-state index in [-0.39, 0.29) is 0 Å². The van der Waals surface area contributed by atoms with Gasteiger partial charge in [-0.3, -0.25) is 4.90 Å². The predicted octanol–water partition coefficient (Wildman–Crippen LogP) is 1.91. The first-order chi connectivity index (χ1) is 7.81. The van der Waals surface area contributed by atoms with Crippen LogP contribution in [0.5, 0.6) is 0 Å². The first-order valence-electron chi connectivity index (χ1n) is 6.28. The fourth-order valence-electron chi connectivity index (χ4n) is 2.54. The summed E-state index contributed by atoms with van der Waals surface area (Å²) in [6, 6.07) is 12.1. The minimum absolute atomic E-state index is 0.640. The fourth-order valence-corrected chi connectivity index (χ4v) is 2.54. The normalized spacial score (nSPS) is 26.9. The zero-order valence-corrected chi connectivity index (χ0v) is 10.3. The fraction of sp³-hybridized carbons (Fsp3) is 0.571. The van der Waals surface area contributed by atoms with Crippen molar-refractivity contribution >= 4 is 0 Å². The summed E-state index contributed by atoms with van der Waals surface area (Å²) in [5.41, 5.74) is 1.44. The average molecular weight is 218 g/mol. The molecule has 0 radical (unpaired) electrons. The van der Waals surface area contributed by atoms with Crippen LogP contribution >= 0.6 is 0 Å². The van der Waals surface area contributed by atoms with E-state index in [1.165, 1.54) is 12.0 Å². The zero-order chi connectivity index (χ0) is 11.4. The van der Waals surface area contributed by atoms with E-state index >= 15 is 0 Å². The Hall–Kier alpha value is -0.860. The highest BCUT2D eigenvalue weighted by Crippen LogP contribution is 2.14. The van der Waals surface area contributed by atoms with Gasteiger partial charge < -0.3 is 5.32 Å². The van der Waals surface area contributed by atoms with Crippen LogP contribution in [0.2, 0.25) is 0 Å². The van der Waals surface area contributed by atoms with Crippen molar-refractivity contribution in [2.75, 3.05) is 20.1 Å². The van der Waals surface area contributed by atoms with Crippen LogP contribution < -0.4 is 5.32 Å². The highest BCUT2D eigenvalue weighted by atomic mass is 15.2. The molecule has 1 heterocycles. The van der Waals surface area contributed by atoms with Gasteiger partial charge in [0.05, 0.1) is 0 Å². The number of piperazine rings is 1. The molecule has 0 bridgehead atoms. The van der Waals surface area contributed by atoms with Gasteiger partial charge in [-0.2, -0.15) is 0 Å². The van der Waals surface area contributed by atoms with Gasteiger partial charge in [0.2, 0.25) is 0 Å². The van der Waals surface area contributed by atoms with Crippen molar-refractivity contribution < 1.29 is 0 Å². The Balaban J connectivity index is 1.99. The highest BCUT2D eigenvalue weighted by Gasteiger charge is 2.25. The van der Waals surface area contributed by atoms with E-state index in [4.69, 9.17) is 0 Å². The predicted molar refractivity (Wildman–Crippen MR) is 68.6 cm³/mol. The Bertz CT molecular complexity index is 310. The van der Waals surface area contributed by atoms with E-state index in [9.17, 15) is 0 Å². The van der Waals surface area contributed by atoms with Gasteiger partial charge in [0.1, 0.15) is 0 Å². The lowest BCUT2D eigenvalue weighted by atomic mass is 10.00. The van der Waals surface area contributed by atoms with Crippen LogP contribution in [-0.4, -0.2) is 37.1 Å². The van der Waals surface area contributed by atoms with Gasteiger partial charge in [0, 0.05) is 25.2 Å². The molecule has 2 nitrogen and oxygen atoms in total. The third-order valence-corrected chi connectivity index (χ3v) is 3.70. The molecule has 88 valence electrons. The molecule has 16 heavy (non-hydrogen) atoms. The topological polar surface area (TPSA) is 15.3 Å². The third kappa shape index (κ3) is 2.63.